The Hall–Kier alpha value is -2.28. The number of H-pyrrole nitrogens is 1. The molecule has 0 aromatic carbocycles. The smallest absolute Gasteiger partial charge is 0.250 e. The number of hydrogen-bond acceptors (Lipinski definition) is 5. The first kappa shape index (κ1) is 11.2. The Labute approximate surface area is 101 Å². The van der Waals surface area contributed by atoms with E-state index in [-0.39, 0.29) is 11.9 Å². The van der Waals surface area contributed by atoms with Crippen molar-refractivity contribution in [2.24, 2.45) is 0 Å². The molecule has 86 valence electrons. The molecule has 0 unspecified atom stereocenters. The molecular formula is C9H7ClN6O. The summed E-state index contributed by atoms with van der Waals surface area (Å²) in [6.45, 7) is 0. The van der Waals surface area contributed by atoms with E-state index in [1.165, 1.54) is 12.2 Å². The largest absolute Gasteiger partial charge is 0.290 e. The third-order valence-electron chi connectivity index (χ3n) is 1.73. The molecule has 2 aromatic rings. The van der Waals surface area contributed by atoms with E-state index < -0.39 is 0 Å². The van der Waals surface area contributed by atoms with Crippen molar-refractivity contribution in [3.05, 3.63) is 35.1 Å². The fourth-order valence-corrected chi connectivity index (χ4v) is 1.22. The van der Waals surface area contributed by atoms with Gasteiger partial charge in [0.05, 0.1) is 5.69 Å². The van der Waals surface area contributed by atoms with Crippen molar-refractivity contribution in [3.63, 3.8) is 0 Å². The minimum Gasteiger partial charge on any atom is -0.290 e. The number of pyridine rings is 1. The van der Waals surface area contributed by atoms with Gasteiger partial charge in [-0.05, 0) is 28.6 Å². The molecule has 2 N–H and O–H groups in total. The van der Waals surface area contributed by atoms with Gasteiger partial charge >= 0.3 is 0 Å². The summed E-state index contributed by atoms with van der Waals surface area (Å²) in [5.74, 6) is -0.191. The summed E-state index contributed by atoms with van der Waals surface area (Å²) in [7, 11) is 0. The van der Waals surface area contributed by atoms with Gasteiger partial charge in [-0.2, -0.15) is 0 Å². The Kier molecular flexibility index (Phi) is 3.41. The van der Waals surface area contributed by atoms with E-state index >= 15 is 0 Å². The summed E-state index contributed by atoms with van der Waals surface area (Å²) in [6.07, 6.45) is 2.84. The van der Waals surface area contributed by atoms with Gasteiger partial charge in [0.25, 0.3) is 5.91 Å². The molecular weight excluding hydrogens is 244 g/mol. The average molecular weight is 251 g/mol. The van der Waals surface area contributed by atoms with E-state index in [9.17, 15) is 4.79 Å². The number of carbonyl (C=O) groups excluding carboxylic acids is 1. The van der Waals surface area contributed by atoms with Gasteiger partial charge in [-0.1, -0.05) is 22.8 Å². The van der Waals surface area contributed by atoms with Gasteiger partial charge in [0.15, 0.2) is 0 Å². The van der Waals surface area contributed by atoms with Crippen molar-refractivity contribution in [3.8, 4) is 0 Å². The Morgan fingerprint density at radius 2 is 2.35 bits per heavy atom. The van der Waals surface area contributed by atoms with Crippen LogP contribution in [0.25, 0.3) is 6.08 Å². The fraction of sp³-hybridized carbons (Fsp3) is 0. The second-order valence-corrected chi connectivity index (χ2v) is 3.34. The molecule has 0 saturated carbocycles. The molecule has 0 atom stereocenters. The molecule has 7 nitrogen and oxygen atoms in total. The lowest BCUT2D eigenvalue weighted by molar-refractivity contribution is -0.111. The predicted molar refractivity (Wildman–Crippen MR) is 61.1 cm³/mol. The number of tetrazole rings is 1. The molecule has 2 heterocycles. The zero-order valence-corrected chi connectivity index (χ0v) is 9.22. The molecule has 0 saturated heterocycles. The zero-order chi connectivity index (χ0) is 12.1. The minimum atomic E-state index is -0.370. The number of hydrogen-bond donors (Lipinski definition) is 2. The number of rotatable bonds is 3. The lowest BCUT2D eigenvalue weighted by Gasteiger charge is -1.95. The molecule has 2 rings (SSSR count). The van der Waals surface area contributed by atoms with Gasteiger partial charge in [0, 0.05) is 6.08 Å². The van der Waals surface area contributed by atoms with Crippen LogP contribution in [0.2, 0.25) is 5.15 Å². The van der Waals surface area contributed by atoms with Crippen LogP contribution in [0.3, 0.4) is 0 Å². The van der Waals surface area contributed by atoms with E-state index in [4.69, 9.17) is 11.6 Å². The number of nitrogens with one attached hydrogen (secondary N) is 2. The number of nitrogens with zero attached hydrogens (tertiary/aromatic N) is 4. The summed E-state index contributed by atoms with van der Waals surface area (Å²) >= 11 is 5.70. The second-order valence-electron chi connectivity index (χ2n) is 2.96. The Bertz CT molecular complexity index is 538. The average Bonchev–Trinajstić information content (AvgIpc) is 2.79. The molecule has 0 aliphatic rings. The number of aromatic nitrogens is 5. The first-order valence-corrected chi connectivity index (χ1v) is 4.97. The van der Waals surface area contributed by atoms with Gasteiger partial charge in [-0.25, -0.2) is 10.1 Å². The maximum atomic E-state index is 11.4. The standard InChI is InChI=1S/C9H7ClN6O/c10-7-3-1-2-6(11-7)4-5-8(17)12-9-13-15-16-14-9/h1-5H,(H2,12,13,14,15,16,17). The van der Waals surface area contributed by atoms with Gasteiger partial charge in [0.1, 0.15) is 5.15 Å². The lowest BCUT2D eigenvalue weighted by atomic mass is 10.3. The molecule has 0 spiro atoms. The Morgan fingerprint density at radius 3 is 3.06 bits per heavy atom. The van der Waals surface area contributed by atoms with Gasteiger partial charge in [0.2, 0.25) is 5.95 Å². The number of aromatic amines is 1. The van der Waals surface area contributed by atoms with E-state index in [1.54, 1.807) is 18.2 Å². The van der Waals surface area contributed by atoms with Crippen molar-refractivity contribution >= 4 is 29.5 Å². The Morgan fingerprint density at radius 1 is 1.47 bits per heavy atom. The summed E-state index contributed by atoms with van der Waals surface area (Å²) in [6, 6.07) is 5.12. The topological polar surface area (TPSA) is 96.5 Å². The normalized spacial score (nSPS) is 10.6. The van der Waals surface area contributed by atoms with Crippen molar-refractivity contribution < 1.29 is 4.79 Å². The summed E-state index contributed by atoms with van der Waals surface area (Å²) < 4.78 is 0. The van der Waals surface area contributed by atoms with Crippen molar-refractivity contribution in [2.45, 2.75) is 0 Å². The Balaban J connectivity index is 1.99. The molecule has 0 aliphatic carbocycles. The van der Waals surface area contributed by atoms with Crippen molar-refractivity contribution in [1.29, 1.82) is 0 Å². The molecule has 0 bridgehead atoms. The van der Waals surface area contributed by atoms with Crippen LogP contribution in [-0.2, 0) is 4.79 Å². The van der Waals surface area contributed by atoms with Crippen LogP contribution >= 0.6 is 11.6 Å². The van der Waals surface area contributed by atoms with E-state index in [0.717, 1.165) is 0 Å². The molecule has 17 heavy (non-hydrogen) atoms. The number of carbonyl (C=O) groups is 1. The maximum absolute atomic E-state index is 11.4. The first-order chi connectivity index (χ1) is 8.24. The molecule has 0 radical (unpaired) electrons. The van der Waals surface area contributed by atoms with Gasteiger partial charge in [-0.15, -0.1) is 0 Å². The monoisotopic (exact) mass is 250 g/mol. The predicted octanol–water partition coefficient (Wildman–Crippen LogP) is 0.900. The van der Waals surface area contributed by atoms with Crippen molar-refractivity contribution in [1.82, 2.24) is 25.6 Å². The number of anilines is 1. The van der Waals surface area contributed by atoms with E-state index in [1.807, 2.05) is 0 Å². The van der Waals surface area contributed by atoms with Crippen LogP contribution in [0.4, 0.5) is 5.95 Å². The third-order valence-corrected chi connectivity index (χ3v) is 1.94. The quantitative estimate of drug-likeness (QED) is 0.623. The van der Waals surface area contributed by atoms with E-state index in [2.05, 4.69) is 30.9 Å². The highest BCUT2D eigenvalue weighted by atomic mass is 35.5. The van der Waals surface area contributed by atoms with Crippen LogP contribution in [0.5, 0.6) is 0 Å². The number of amides is 1. The molecule has 2 aromatic heterocycles. The molecule has 0 aliphatic heterocycles. The second kappa shape index (κ2) is 5.17. The minimum absolute atomic E-state index is 0.179. The summed E-state index contributed by atoms with van der Waals surface area (Å²) in [5, 5.41) is 15.3. The van der Waals surface area contributed by atoms with Crippen LogP contribution in [-0.4, -0.2) is 31.5 Å². The SMILES string of the molecule is O=C(C=Cc1cccc(Cl)n1)Nc1nnn[nH]1. The van der Waals surface area contributed by atoms with Crippen LogP contribution in [0, 0.1) is 0 Å². The summed E-state index contributed by atoms with van der Waals surface area (Å²) in [4.78, 5) is 15.4. The van der Waals surface area contributed by atoms with Crippen LogP contribution in [0.15, 0.2) is 24.3 Å². The first-order valence-electron chi connectivity index (χ1n) is 4.59. The highest BCUT2D eigenvalue weighted by Gasteiger charge is 2.00. The van der Waals surface area contributed by atoms with Gasteiger partial charge in [-0.3, -0.25) is 10.1 Å². The lowest BCUT2D eigenvalue weighted by Crippen LogP contribution is -2.09. The van der Waals surface area contributed by atoms with Gasteiger partial charge < -0.3 is 0 Å². The van der Waals surface area contributed by atoms with E-state index in [0.29, 0.717) is 10.8 Å². The van der Waals surface area contributed by atoms with Crippen LogP contribution in [0.1, 0.15) is 5.69 Å². The summed E-state index contributed by atoms with van der Waals surface area (Å²) in [5.41, 5.74) is 0.586. The number of halogens is 1. The maximum Gasteiger partial charge on any atom is 0.250 e. The molecule has 8 heteroatoms. The highest BCUT2D eigenvalue weighted by Crippen LogP contribution is 2.06. The van der Waals surface area contributed by atoms with Crippen molar-refractivity contribution in [2.75, 3.05) is 5.32 Å². The molecule has 1 amide bonds. The zero-order valence-electron chi connectivity index (χ0n) is 8.46. The van der Waals surface area contributed by atoms with Crippen LogP contribution < -0.4 is 5.32 Å². The molecule has 0 fully saturated rings. The fourth-order valence-electron chi connectivity index (χ4n) is 1.05. The third kappa shape index (κ3) is 3.35. The highest BCUT2D eigenvalue weighted by molar-refractivity contribution is 6.29.